The molecule has 0 fully saturated rings. The standard InChI is InChI=1S/C19H16O3/c1-2-15-16-8-3-4-9-18(16)22-19(15)17(21)11-10-13-6-5-7-14(20)12-13/h3-12,20H,2H2,1H3/b11-10+. The summed E-state index contributed by atoms with van der Waals surface area (Å²) in [7, 11) is 0. The van der Waals surface area contributed by atoms with Crippen LogP contribution in [-0.4, -0.2) is 10.9 Å². The number of benzene rings is 2. The molecule has 1 N–H and O–H groups in total. The van der Waals surface area contributed by atoms with Crippen molar-refractivity contribution in [3.8, 4) is 5.75 Å². The van der Waals surface area contributed by atoms with E-state index in [1.54, 1.807) is 24.3 Å². The first-order chi connectivity index (χ1) is 10.7. The topological polar surface area (TPSA) is 50.4 Å². The normalized spacial score (nSPS) is 11.3. The maximum atomic E-state index is 12.4. The molecule has 2 aromatic carbocycles. The molecule has 0 aliphatic carbocycles. The van der Waals surface area contributed by atoms with E-state index < -0.39 is 0 Å². The van der Waals surface area contributed by atoms with Crippen LogP contribution in [0.3, 0.4) is 0 Å². The summed E-state index contributed by atoms with van der Waals surface area (Å²) in [4.78, 5) is 12.4. The number of hydrogen-bond donors (Lipinski definition) is 1. The third kappa shape index (κ3) is 2.66. The highest BCUT2D eigenvalue weighted by atomic mass is 16.3. The van der Waals surface area contributed by atoms with E-state index >= 15 is 0 Å². The number of carbonyl (C=O) groups excluding carboxylic acids is 1. The third-order valence-corrected chi connectivity index (χ3v) is 3.57. The van der Waals surface area contributed by atoms with Crippen molar-refractivity contribution >= 4 is 22.8 Å². The molecule has 3 nitrogen and oxygen atoms in total. The Morgan fingerprint density at radius 3 is 2.77 bits per heavy atom. The number of rotatable bonds is 4. The highest BCUT2D eigenvalue weighted by Crippen LogP contribution is 2.27. The molecule has 3 heteroatoms. The van der Waals surface area contributed by atoms with Crippen molar-refractivity contribution in [3.05, 3.63) is 71.5 Å². The summed E-state index contributed by atoms with van der Waals surface area (Å²) in [5.74, 6) is 0.393. The molecule has 3 rings (SSSR count). The molecule has 22 heavy (non-hydrogen) atoms. The van der Waals surface area contributed by atoms with Gasteiger partial charge in [0, 0.05) is 10.9 Å². The lowest BCUT2D eigenvalue weighted by atomic mass is 10.1. The van der Waals surface area contributed by atoms with E-state index in [2.05, 4.69) is 0 Å². The first-order valence-corrected chi connectivity index (χ1v) is 7.21. The molecule has 0 amide bonds. The Morgan fingerprint density at radius 2 is 2.00 bits per heavy atom. The molecule has 0 saturated carbocycles. The van der Waals surface area contributed by atoms with E-state index in [1.165, 1.54) is 6.08 Å². The molecule has 0 saturated heterocycles. The van der Waals surface area contributed by atoms with Crippen molar-refractivity contribution in [2.75, 3.05) is 0 Å². The van der Waals surface area contributed by atoms with Crippen LogP contribution < -0.4 is 0 Å². The van der Waals surface area contributed by atoms with Crippen LogP contribution in [0.1, 0.15) is 28.6 Å². The molecule has 0 spiro atoms. The number of ketones is 1. The quantitative estimate of drug-likeness (QED) is 0.565. The molecule has 0 bridgehead atoms. The number of para-hydroxylation sites is 1. The van der Waals surface area contributed by atoms with Crippen LogP contribution in [0.4, 0.5) is 0 Å². The Balaban J connectivity index is 1.95. The predicted molar refractivity (Wildman–Crippen MR) is 87.1 cm³/mol. The molecule has 110 valence electrons. The fraction of sp³-hybridized carbons (Fsp3) is 0.105. The molecule has 0 aliphatic heterocycles. The number of hydrogen-bond acceptors (Lipinski definition) is 3. The number of aromatic hydroxyl groups is 1. The van der Waals surface area contributed by atoms with Crippen molar-refractivity contribution in [3.63, 3.8) is 0 Å². The largest absolute Gasteiger partial charge is 0.508 e. The number of carbonyl (C=O) groups is 1. The summed E-state index contributed by atoms with van der Waals surface area (Å²) in [5, 5.41) is 10.4. The summed E-state index contributed by atoms with van der Waals surface area (Å²) in [6.45, 7) is 2.01. The Labute approximate surface area is 128 Å². The highest BCUT2D eigenvalue weighted by molar-refractivity contribution is 6.08. The number of aryl methyl sites for hydroxylation is 1. The van der Waals surface area contributed by atoms with Gasteiger partial charge in [-0.25, -0.2) is 0 Å². The van der Waals surface area contributed by atoms with Gasteiger partial charge < -0.3 is 9.52 Å². The number of furan rings is 1. The lowest BCUT2D eigenvalue weighted by Gasteiger charge is -1.97. The molecular weight excluding hydrogens is 276 g/mol. The lowest BCUT2D eigenvalue weighted by molar-refractivity contribution is 0.102. The van der Waals surface area contributed by atoms with Gasteiger partial charge in [0.2, 0.25) is 5.78 Å². The van der Waals surface area contributed by atoms with Crippen molar-refractivity contribution in [1.82, 2.24) is 0 Å². The Morgan fingerprint density at radius 1 is 1.18 bits per heavy atom. The zero-order valence-electron chi connectivity index (χ0n) is 12.2. The van der Waals surface area contributed by atoms with Gasteiger partial charge in [-0.05, 0) is 36.3 Å². The predicted octanol–water partition coefficient (Wildman–Crippen LogP) is 4.60. The minimum absolute atomic E-state index is 0.170. The number of allylic oxidation sites excluding steroid dienone is 1. The maximum absolute atomic E-state index is 12.4. The lowest BCUT2D eigenvalue weighted by Crippen LogP contribution is -1.96. The average Bonchev–Trinajstić information content (AvgIpc) is 2.91. The number of phenolic OH excluding ortho intramolecular Hbond substituents is 1. The minimum Gasteiger partial charge on any atom is -0.508 e. The van der Waals surface area contributed by atoms with E-state index in [9.17, 15) is 9.90 Å². The van der Waals surface area contributed by atoms with Crippen LogP contribution in [0, 0.1) is 0 Å². The monoisotopic (exact) mass is 292 g/mol. The van der Waals surface area contributed by atoms with Gasteiger partial charge in [0.1, 0.15) is 11.3 Å². The Kier molecular flexibility index (Phi) is 3.79. The van der Waals surface area contributed by atoms with E-state index in [-0.39, 0.29) is 11.5 Å². The number of fused-ring (bicyclic) bond motifs is 1. The van der Waals surface area contributed by atoms with Gasteiger partial charge in [-0.1, -0.05) is 43.3 Å². The summed E-state index contributed by atoms with van der Waals surface area (Å²) in [6.07, 6.45) is 3.89. The first-order valence-electron chi connectivity index (χ1n) is 7.21. The molecule has 1 heterocycles. The van der Waals surface area contributed by atoms with E-state index in [0.717, 1.165) is 28.5 Å². The van der Waals surface area contributed by atoms with Crippen LogP contribution >= 0.6 is 0 Å². The second kappa shape index (κ2) is 5.90. The molecule has 0 unspecified atom stereocenters. The minimum atomic E-state index is -0.170. The average molecular weight is 292 g/mol. The summed E-state index contributed by atoms with van der Waals surface area (Å²) < 4.78 is 5.71. The zero-order chi connectivity index (χ0) is 15.5. The van der Waals surface area contributed by atoms with Gasteiger partial charge in [0.25, 0.3) is 0 Å². The van der Waals surface area contributed by atoms with E-state index in [4.69, 9.17) is 4.42 Å². The van der Waals surface area contributed by atoms with Gasteiger partial charge in [-0.15, -0.1) is 0 Å². The van der Waals surface area contributed by atoms with E-state index in [1.807, 2.05) is 37.3 Å². The SMILES string of the molecule is CCc1c(C(=O)/C=C/c2cccc(O)c2)oc2ccccc12. The van der Waals surface area contributed by atoms with Gasteiger partial charge >= 0.3 is 0 Å². The van der Waals surface area contributed by atoms with Crippen LogP contribution in [-0.2, 0) is 6.42 Å². The van der Waals surface area contributed by atoms with Crippen molar-refractivity contribution < 1.29 is 14.3 Å². The fourth-order valence-corrected chi connectivity index (χ4v) is 2.52. The van der Waals surface area contributed by atoms with Crippen molar-refractivity contribution in [1.29, 1.82) is 0 Å². The summed E-state index contributed by atoms with van der Waals surface area (Å²) >= 11 is 0. The summed E-state index contributed by atoms with van der Waals surface area (Å²) in [5.41, 5.74) is 2.43. The van der Waals surface area contributed by atoms with Gasteiger partial charge in [-0.3, -0.25) is 4.79 Å². The molecule has 0 aliphatic rings. The van der Waals surface area contributed by atoms with E-state index in [0.29, 0.717) is 5.76 Å². The second-order valence-corrected chi connectivity index (χ2v) is 5.05. The molecular formula is C19H16O3. The fourth-order valence-electron chi connectivity index (χ4n) is 2.52. The van der Waals surface area contributed by atoms with Gasteiger partial charge in [-0.2, -0.15) is 0 Å². The van der Waals surface area contributed by atoms with Crippen molar-refractivity contribution in [2.24, 2.45) is 0 Å². The maximum Gasteiger partial charge on any atom is 0.221 e. The highest BCUT2D eigenvalue weighted by Gasteiger charge is 2.16. The molecule has 3 aromatic rings. The first kappa shape index (κ1) is 14.1. The second-order valence-electron chi connectivity index (χ2n) is 5.05. The third-order valence-electron chi connectivity index (χ3n) is 3.57. The van der Waals surface area contributed by atoms with Crippen LogP contribution in [0.5, 0.6) is 5.75 Å². The van der Waals surface area contributed by atoms with Crippen LogP contribution in [0.25, 0.3) is 17.0 Å². The van der Waals surface area contributed by atoms with Crippen LogP contribution in [0.15, 0.2) is 59.0 Å². The molecule has 0 atom stereocenters. The van der Waals surface area contributed by atoms with Gasteiger partial charge in [0.05, 0.1) is 0 Å². The Hall–Kier alpha value is -2.81. The zero-order valence-corrected chi connectivity index (χ0v) is 12.2. The number of phenols is 1. The molecule has 0 radical (unpaired) electrons. The molecule has 1 aromatic heterocycles. The summed E-state index contributed by atoms with van der Waals surface area (Å²) in [6, 6.07) is 14.4. The van der Waals surface area contributed by atoms with Gasteiger partial charge in [0.15, 0.2) is 5.76 Å². The van der Waals surface area contributed by atoms with Crippen molar-refractivity contribution in [2.45, 2.75) is 13.3 Å². The smallest absolute Gasteiger partial charge is 0.221 e. The van der Waals surface area contributed by atoms with Crippen LogP contribution in [0.2, 0.25) is 0 Å². The Bertz CT molecular complexity index is 856.